The molecule has 0 spiro atoms. The molecule has 2 heterocycles. The van der Waals surface area contributed by atoms with E-state index in [1.807, 2.05) is 0 Å². The van der Waals surface area contributed by atoms with Gasteiger partial charge in [-0.3, -0.25) is 14.3 Å². The number of aryl methyl sites for hydroxylation is 1. The number of nitrogens with zero attached hydrogens (tertiary/aromatic N) is 3. The van der Waals surface area contributed by atoms with Crippen molar-refractivity contribution in [2.45, 2.75) is 12.8 Å². The molecule has 2 aromatic heterocycles. The van der Waals surface area contributed by atoms with Crippen molar-refractivity contribution in [3.05, 3.63) is 45.5 Å². The van der Waals surface area contributed by atoms with Gasteiger partial charge >= 0.3 is 0 Å². The molecule has 10 heteroatoms. The molecule has 0 unspecified atom stereocenters. The average molecular weight is 377 g/mol. The van der Waals surface area contributed by atoms with E-state index >= 15 is 0 Å². The fraction of sp³-hybridized carbons (Fsp3) is 0.286. The standard InChI is InChI=1S/C14H12Cl2F2N4O2/c1-22-6-7(12(21-22)14(17)18)2-11(24)19-5-10(23)13-9(16)3-8(15)4-20-13/h3-4,6,14H,2,5H2,1H3,(H,19,24). The summed E-state index contributed by atoms with van der Waals surface area (Å²) >= 11 is 11.5. The lowest BCUT2D eigenvalue weighted by Crippen LogP contribution is -2.31. The first-order valence-corrected chi connectivity index (χ1v) is 7.45. The Morgan fingerprint density at radius 2 is 2.08 bits per heavy atom. The molecule has 2 aromatic rings. The highest BCUT2D eigenvalue weighted by Gasteiger charge is 2.20. The van der Waals surface area contributed by atoms with Gasteiger partial charge < -0.3 is 5.32 Å². The van der Waals surface area contributed by atoms with E-state index < -0.39 is 23.8 Å². The topological polar surface area (TPSA) is 76.9 Å². The fourth-order valence-corrected chi connectivity index (χ4v) is 2.48. The predicted molar refractivity (Wildman–Crippen MR) is 83.5 cm³/mol. The van der Waals surface area contributed by atoms with E-state index in [0.717, 1.165) is 0 Å². The molecule has 1 N–H and O–H groups in total. The van der Waals surface area contributed by atoms with Crippen LogP contribution in [0, 0.1) is 0 Å². The van der Waals surface area contributed by atoms with Crippen LogP contribution in [0.1, 0.15) is 28.2 Å². The van der Waals surface area contributed by atoms with Gasteiger partial charge in [-0.2, -0.15) is 5.10 Å². The summed E-state index contributed by atoms with van der Waals surface area (Å²) in [5.41, 5.74) is -0.391. The van der Waals surface area contributed by atoms with Crippen LogP contribution in [0.25, 0.3) is 0 Å². The monoisotopic (exact) mass is 376 g/mol. The van der Waals surface area contributed by atoms with E-state index in [4.69, 9.17) is 23.2 Å². The molecule has 0 aromatic carbocycles. The van der Waals surface area contributed by atoms with E-state index in [1.54, 1.807) is 0 Å². The van der Waals surface area contributed by atoms with E-state index in [1.165, 1.54) is 30.2 Å². The van der Waals surface area contributed by atoms with Gasteiger partial charge in [0.15, 0.2) is 0 Å². The first-order chi connectivity index (χ1) is 11.3. The van der Waals surface area contributed by atoms with Gasteiger partial charge in [0.05, 0.1) is 23.0 Å². The summed E-state index contributed by atoms with van der Waals surface area (Å²) in [4.78, 5) is 27.6. The van der Waals surface area contributed by atoms with Gasteiger partial charge in [-0.05, 0) is 6.07 Å². The van der Waals surface area contributed by atoms with Crippen LogP contribution in [0.4, 0.5) is 8.78 Å². The molecule has 0 aliphatic carbocycles. The molecule has 0 atom stereocenters. The number of carbonyl (C=O) groups excluding carboxylic acids is 2. The molecule has 0 fully saturated rings. The predicted octanol–water partition coefficient (Wildman–Crippen LogP) is 2.60. The second-order valence-corrected chi connectivity index (χ2v) is 5.72. The van der Waals surface area contributed by atoms with E-state index in [9.17, 15) is 18.4 Å². The zero-order valence-corrected chi connectivity index (χ0v) is 13.9. The maximum atomic E-state index is 12.8. The minimum atomic E-state index is -2.78. The van der Waals surface area contributed by atoms with Crippen molar-refractivity contribution < 1.29 is 18.4 Å². The summed E-state index contributed by atoms with van der Waals surface area (Å²) in [6, 6.07) is 1.36. The molecule has 0 saturated heterocycles. The van der Waals surface area contributed by atoms with Crippen LogP contribution < -0.4 is 5.32 Å². The Bertz CT molecular complexity index is 780. The number of halogens is 4. The van der Waals surface area contributed by atoms with Crippen LogP contribution >= 0.6 is 23.2 Å². The summed E-state index contributed by atoms with van der Waals surface area (Å²) in [5, 5.41) is 6.29. The molecule has 0 aliphatic heterocycles. The largest absolute Gasteiger partial charge is 0.348 e. The maximum absolute atomic E-state index is 12.8. The number of rotatable bonds is 6. The second-order valence-electron chi connectivity index (χ2n) is 4.87. The Hall–Kier alpha value is -2.06. The number of ketones is 1. The van der Waals surface area contributed by atoms with Gasteiger partial charge in [0.1, 0.15) is 11.4 Å². The van der Waals surface area contributed by atoms with Crippen molar-refractivity contribution in [3.8, 4) is 0 Å². The van der Waals surface area contributed by atoms with E-state index in [0.29, 0.717) is 0 Å². The Morgan fingerprint density at radius 1 is 1.38 bits per heavy atom. The molecule has 1 amide bonds. The lowest BCUT2D eigenvalue weighted by atomic mass is 10.1. The summed E-state index contributed by atoms with van der Waals surface area (Å²) in [7, 11) is 1.48. The highest BCUT2D eigenvalue weighted by molar-refractivity contribution is 6.36. The first kappa shape index (κ1) is 18.3. The zero-order chi connectivity index (χ0) is 17.9. The van der Waals surface area contributed by atoms with Gasteiger partial charge in [-0.1, -0.05) is 23.2 Å². The van der Waals surface area contributed by atoms with Gasteiger partial charge in [-0.25, -0.2) is 13.8 Å². The average Bonchev–Trinajstić information content (AvgIpc) is 2.85. The number of Topliss-reactive ketones (excluding diaryl/α,β-unsaturated/α-hetero) is 1. The minimum Gasteiger partial charge on any atom is -0.348 e. The van der Waals surface area contributed by atoms with Crippen LogP contribution in [-0.2, 0) is 18.3 Å². The minimum absolute atomic E-state index is 0.0315. The number of hydrogen-bond acceptors (Lipinski definition) is 4. The van der Waals surface area contributed by atoms with Gasteiger partial charge in [0.25, 0.3) is 6.43 Å². The van der Waals surface area contributed by atoms with Crippen LogP contribution in [0.5, 0.6) is 0 Å². The highest BCUT2D eigenvalue weighted by atomic mass is 35.5. The smallest absolute Gasteiger partial charge is 0.282 e. The maximum Gasteiger partial charge on any atom is 0.282 e. The lowest BCUT2D eigenvalue weighted by molar-refractivity contribution is -0.120. The van der Waals surface area contributed by atoms with Crippen molar-refractivity contribution in [1.82, 2.24) is 20.1 Å². The SMILES string of the molecule is Cn1cc(CC(=O)NCC(=O)c2ncc(Cl)cc2Cl)c(C(F)F)n1. The Labute approximate surface area is 145 Å². The first-order valence-electron chi connectivity index (χ1n) is 6.69. The summed E-state index contributed by atoms with van der Waals surface area (Å²) in [5.74, 6) is -1.12. The highest BCUT2D eigenvalue weighted by Crippen LogP contribution is 2.21. The molecular formula is C14H12Cl2F2N4O2. The van der Waals surface area contributed by atoms with Crippen LogP contribution in [0.3, 0.4) is 0 Å². The Morgan fingerprint density at radius 3 is 2.71 bits per heavy atom. The number of nitrogens with one attached hydrogen (secondary N) is 1. The van der Waals surface area contributed by atoms with Crippen molar-refractivity contribution in [2.75, 3.05) is 6.54 Å². The van der Waals surface area contributed by atoms with Gasteiger partial charge in [-0.15, -0.1) is 0 Å². The Balaban J connectivity index is 1.97. The van der Waals surface area contributed by atoms with Crippen molar-refractivity contribution in [2.24, 2.45) is 7.05 Å². The van der Waals surface area contributed by atoms with Crippen molar-refractivity contribution >= 4 is 34.9 Å². The lowest BCUT2D eigenvalue weighted by Gasteiger charge is -2.06. The molecular weight excluding hydrogens is 365 g/mol. The quantitative estimate of drug-likeness (QED) is 0.786. The third kappa shape index (κ3) is 4.48. The van der Waals surface area contributed by atoms with Crippen LogP contribution in [0.15, 0.2) is 18.5 Å². The number of aromatic nitrogens is 3. The number of alkyl halides is 2. The van der Waals surface area contributed by atoms with Gasteiger partial charge in [0, 0.05) is 25.0 Å². The third-order valence-electron chi connectivity index (χ3n) is 3.01. The molecule has 128 valence electrons. The summed E-state index contributed by atoms with van der Waals surface area (Å²) in [6.07, 6.45) is -0.511. The molecule has 0 bridgehead atoms. The van der Waals surface area contributed by atoms with Crippen molar-refractivity contribution in [1.29, 1.82) is 0 Å². The van der Waals surface area contributed by atoms with Crippen LogP contribution in [-0.4, -0.2) is 33.0 Å². The molecule has 0 saturated carbocycles. The number of carbonyl (C=O) groups is 2. The summed E-state index contributed by atoms with van der Waals surface area (Å²) in [6.45, 7) is -0.364. The fourth-order valence-electron chi connectivity index (χ4n) is 1.99. The zero-order valence-electron chi connectivity index (χ0n) is 12.4. The molecule has 0 aliphatic rings. The molecule has 0 radical (unpaired) electrons. The molecule has 24 heavy (non-hydrogen) atoms. The Kier molecular flexibility index (Phi) is 5.84. The second kappa shape index (κ2) is 7.67. The number of hydrogen-bond donors (Lipinski definition) is 1. The van der Waals surface area contributed by atoms with Crippen molar-refractivity contribution in [3.63, 3.8) is 0 Å². The summed E-state index contributed by atoms with van der Waals surface area (Å²) < 4.78 is 26.8. The number of amides is 1. The normalized spacial score (nSPS) is 10.9. The number of pyridine rings is 1. The third-order valence-corrected chi connectivity index (χ3v) is 3.51. The molecule has 6 nitrogen and oxygen atoms in total. The van der Waals surface area contributed by atoms with Gasteiger partial charge in [0.2, 0.25) is 11.7 Å². The van der Waals surface area contributed by atoms with E-state index in [2.05, 4.69) is 15.4 Å². The van der Waals surface area contributed by atoms with Crippen LogP contribution in [0.2, 0.25) is 10.0 Å². The molecule has 2 rings (SSSR count). The van der Waals surface area contributed by atoms with E-state index in [-0.39, 0.29) is 34.3 Å².